The Balaban J connectivity index is 2.36. The number of aromatic nitrogens is 1. The first-order chi connectivity index (χ1) is 8.07. The summed E-state index contributed by atoms with van der Waals surface area (Å²) in [6.07, 6.45) is 1.66. The summed E-state index contributed by atoms with van der Waals surface area (Å²) in [7, 11) is -3.48. The molecule has 0 fully saturated rings. The van der Waals surface area contributed by atoms with Gasteiger partial charge in [0, 0.05) is 17.6 Å². The monoisotopic (exact) mass is 249 g/mol. The summed E-state index contributed by atoms with van der Waals surface area (Å²) in [5.74, 6) is 0. The maximum absolute atomic E-state index is 11.6. The van der Waals surface area contributed by atoms with Crippen LogP contribution in [0.5, 0.6) is 0 Å². The predicted molar refractivity (Wildman–Crippen MR) is 65.8 cm³/mol. The Hall–Kier alpha value is -1.66. The van der Waals surface area contributed by atoms with Crippen molar-refractivity contribution < 1.29 is 8.42 Å². The molecule has 0 spiro atoms. The van der Waals surface area contributed by atoms with E-state index in [1.807, 2.05) is 31.2 Å². The van der Waals surface area contributed by atoms with Crippen molar-refractivity contribution in [2.45, 2.75) is 13.0 Å². The van der Waals surface area contributed by atoms with E-state index in [0.717, 1.165) is 10.9 Å². The van der Waals surface area contributed by atoms with E-state index in [9.17, 15) is 8.42 Å². The summed E-state index contributed by atoms with van der Waals surface area (Å²) >= 11 is 0. The zero-order chi connectivity index (χ0) is 12.0. The van der Waals surface area contributed by atoms with Crippen molar-refractivity contribution >= 4 is 26.8 Å². The molecule has 6 heteroatoms. The van der Waals surface area contributed by atoms with Crippen LogP contribution in [0.4, 0.5) is 5.69 Å². The summed E-state index contributed by atoms with van der Waals surface area (Å²) < 4.78 is 28.3. The number of anilines is 1. The van der Waals surface area contributed by atoms with Gasteiger partial charge in [0.05, 0.1) is 11.2 Å². The second-order valence-corrected chi connectivity index (χ2v) is 5.50. The molecule has 1 unspecified atom stereocenters. The van der Waals surface area contributed by atoms with E-state index in [4.69, 9.17) is 0 Å². The quantitative estimate of drug-likeness (QED) is 0.744. The largest absolute Gasteiger partial charge is 0.299 e. The Morgan fingerprint density at radius 1 is 1.29 bits per heavy atom. The lowest BCUT2D eigenvalue weighted by atomic mass is 10.0. The SMILES string of the molecule is CC1NS(=O)(=O)Nc2c1ccc1cccnc21. The molecular formula is C11H11N3O2S. The number of benzene rings is 1. The van der Waals surface area contributed by atoms with Crippen LogP contribution < -0.4 is 9.44 Å². The highest BCUT2D eigenvalue weighted by molar-refractivity contribution is 7.90. The van der Waals surface area contributed by atoms with Gasteiger partial charge in [0.2, 0.25) is 0 Å². The molecule has 1 aromatic heterocycles. The van der Waals surface area contributed by atoms with E-state index in [1.165, 1.54) is 0 Å². The van der Waals surface area contributed by atoms with Crippen molar-refractivity contribution in [3.63, 3.8) is 0 Å². The first kappa shape index (κ1) is 10.5. The third-order valence-electron chi connectivity index (χ3n) is 2.84. The third kappa shape index (κ3) is 1.65. The average Bonchev–Trinajstić information content (AvgIpc) is 2.27. The summed E-state index contributed by atoms with van der Waals surface area (Å²) in [6.45, 7) is 1.81. The van der Waals surface area contributed by atoms with Crippen molar-refractivity contribution in [1.82, 2.24) is 9.71 Å². The van der Waals surface area contributed by atoms with Crippen LogP contribution in [-0.4, -0.2) is 13.4 Å². The third-order valence-corrected chi connectivity index (χ3v) is 3.98. The van der Waals surface area contributed by atoms with Crippen molar-refractivity contribution in [3.05, 3.63) is 36.0 Å². The van der Waals surface area contributed by atoms with Crippen molar-refractivity contribution in [2.24, 2.45) is 0 Å². The van der Waals surface area contributed by atoms with Gasteiger partial charge in [-0.25, -0.2) is 0 Å². The molecule has 88 valence electrons. The Morgan fingerprint density at radius 3 is 2.94 bits per heavy atom. The smallest absolute Gasteiger partial charge is 0.269 e. The fraction of sp³-hybridized carbons (Fsp3) is 0.182. The van der Waals surface area contributed by atoms with Gasteiger partial charge < -0.3 is 0 Å². The second kappa shape index (κ2) is 3.41. The van der Waals surface area contributed by atoms with Crippen LogP contribution in [0.15, 0.2) is 30.5 Å². The van der Waals surface area contributed by atoms with Gasteiger partial charge in [-0.15, -0.1) is 0 Å². The van der Waals surface area contributed by atoms with Crippen LogP contribution in [0.1, 0.15) is 18.5 Å². The minimum absolute atomic E-state index is 0.248. The highest BCUT2D eigenvalue weighted by Crippen LogP contribution is 2.33. The molecule has 17 heavy (non-hydrogen) atoms. The van der Waals surface area contributed by atoms with Gasteiger partial charge in [-0.3, -0.25) is 9.71 Å². The van der Waals surface area contributed by atoms with Crippen LogP contribution in [0.25, 0.3) is 10.9 Å². The molecule has 2 heterocycles. The van der Waals surface area contributed by atoms with Gasteiger partial charge >= 0.3 is 0 Å². The van der Waals surface area contributed by atoms with E-state index < -0.39 is 10.2 Å². The Kier molecular flexibility index (Phi) is 2.11. The molecule has 1 aromatic carbocycles. The fourth-order valence-corrected chi connectivity index (χ4v) is 3.22. The Morgan fingerprint density at radius 2 is 2.12 bits per heavy atom. The number of hydrogen-bond acceptors (Lipinski definition) is 3. The van der Waals surface area contributed by atoms with Crippen LogP contribution >= 0.6 is 0 Å². The summed E-state index contributed by atoms with van der Waals surface area (Å²) in [5, 5.41) is 0.919. The minimum Gasteiger partial charge on any atom is -0.269 e. The van der Waals surface area contributed by atoms with E-state index >= 15 is 0 Å². The Labute approximate surface area is 99.1 Å². The maximum Gasteiger partial charge on any atom is 0.299 e. The first-order valence-corrected chi connectivity index (χ1v) is 6.73. The zero-order valence-corrected chi connectivity index (χ0v) is 9.95. The molecule has 3 rings (SSSR count). The van der Waals surface area contributed by atoms with E-state index in [1.54, 1.807) is 6.20 Å². The summed E-state index contributed by atoms with van der Waals surface area (Å²) in [5.41, 5.74) is 2.17. The lowest BCUT2D eigenvalue weighted by Crippen LogP contribution is -2.37. The molecule has 0 bridgehead atoms. The number of pyridine rings is 1. The molecule has 2 aromatic rings. The van der Waals surface area contributed by atoms with Gasteiger partial charge in [0.1, 0.15) is 0 Å². The molecule has 0 saturated heterocycles. The highest BCUT2D eigenvalue weighted by atomic mass is 32.2. The van der Waals surface area contributed by atoms with Gasteiger partial charge in [0.25, 0.3) is 10.2 Å². The number of rotatable bonds is 0. The number of nitrogens with zero attached hydrogens (tertiary/aromatic N) is 1. The number of nitrogens with one attached hydrogen (secondary N) is 2. The Bertz CT molecular complexity index is 697. The number of fused-ring (bicyclic) bond motifs is 3. The normalized spacial score (nSPS) is 21.8. The summed E-state index contributed by atoms with van der Waals surface area (Å²) in [6, 6.07) is 7.34. The average molecular weight is 249 g/mol. The zero-order valence-electron chi connectivity index (χ0n) is 9.14. The van der Waals surface area contributed by atoms with Crippen LogP contribution in [0, 0.1) is 0 Å². The molecular weight excluding hydrogens is 238 g/mol. The van der Waals surface area contributed by atoms with Crippen molar-refractivity contribution in [3.8, 4) is 0 Å². The maximum atomic E-state index is 11.6. The van der Waals surface area contributed by atoms with Crippen LogP contribution in [-0.2, 0) is 10.2 Å². The molecule has 1 aliphatic rings. The van der Waals surface area contributed by atoms with Crippen LogP contribution in [0.2, 0.25) is 0 Å². The topological polar surface area (TPSA) is 71.1 Å². The fourth-order valence-electron chi connectivity index (χ4n) is 2.09. The van der Waals surface area contributed by atoms with Crippen molar-refractivity contribution in [1.29, 1.82) is 0 Å². The standard InChI is InChI=1S/C11H11N3O2S/c1-7-9-5-4-8-3-2-6-12-10(8)11(9)14-17(15,16)13-7/h2-7,13-14H,1H3. The molecule has 0 aliphatic carbocycles. The minimum atomic E-state index is -3.48. The molecule has 0 radical (unpaired) electrons. The van der Waals surface area contributed by atoms with E-state index in [0.29, 0.717) is 11.2 Å². The number of hydrogen-bond donors (Lipinski definition) is 2. The molecule has 0 amide bonds. The molecule has 2 N–H and O–H groups in total. The van der Waals surface area contributed by atoms with E-state index in [-0.39, 0.29) is 6.04 Å². The van der Waals surface area contributed by atoms with Crippen LogP contribution in [0.3, 0.4) is 0 Å². The van der Waals surface area contributed by atoms with Gasteiger partial charge in [-0.05, 0) is 18.6 Å². The van der Waals surface area contributed by atoms with Gasteiger partial charge in [0.15, 0.2) is 0 Å². The lowest BCUT2D eigenvalue weighted by molar-refractivity contribution is 0.568. The summed E-state index contributed by atoms with van der Waals surface area (Å²) in [4.78, 5) is 4.24. The van der Waals surface area contributed by atoms with Gasteiger partial charge in [-0.2, -0.15) is 13.1 Å². The van der Waals surface area contributed by atoms with Crippen molar-refractivity contribution in [2.75, 3.05) is 4.72 Å². The molecule has 1 atom stereocenters. The van der Waals surface area contributed by atoms with Gasteiger partial charge in [-0.1, -0.05) is 18.2 Å². The molecule has 5 nitrogen and oxygen atoms in total. The highest BCUT2D eigenvalue weighted by Gasteiger charge is 2.26. The predicted octanol–water partition coefficient (Wildman–Crippen LogP) is 1.56. The lowest BCUT2D eigenvalue weighted by Gasteiger charge is -2.25. The van der Waals surface area contributed by atoms with E-state index in [2.05, 4.69) is 14.4 Å². The molecule has 0 saturated carbocycles. The molecule has 1 aliphatic heterocycles. The second-order valence-electron chi connectivity index (χ2n) is 4.05. The first-order valence-electron chi connectivity index (χ1n) is 5.24.